The van der Waals surface area contributed by atoms with Crippen LogP contribution in [0.15, 0.2) is 46.4 Å². The first-order valence-corrected chi connectivity index (χ1v) is 7.14. The molecule has 0 aromatic heterocycles. The molecule has 1 unspecified atom stereocenters. The van der Waals surface area contributed by atoms with Gasteiger partial charge >= 0.3 is 5.51 Å². The maximum Gasteiger partial charge on any atom is 0.446 e. The maximum absolute atomic E-state index is 12.2. The van der Waals surface area contributed by atoms with Crippen LogP contribution in [0, 0.1) is 5.92 Å². The Morgan fingerprint density at radius 3 is 2.50 bits per heavy atom. The minimum Gasteiger partial charge on any atom is -0.466 e. The standard InChI is InChI=1S/C14H16F3NOS/c1-9-8-10(18)2-7-13(9)19-11-3-5-12(6-4-11)20-14(15,16)17/h2-3,5,7,9H,4,6,8,18H2,1H3. The maximum atomic E-state index is 12.2. The molecular formula is C14H16F3NOS. The lowest BCUT2D eigenvalue weighted by molar-refractivity contribution is -0.0322. The summed E-state index contributed by atoms with van der Waals surface area (Å²) in [4.78, 5) is 0.319. The highest BCUT2D eigenvalue weighted by Crippen LogP contribution is 2.40. The van der Waals surface area contributed by atoms with Crippen LogP contribution < -0.4 is 5.73 Å². The SMILES string of the molecule is CC1CC(N)=CC=C1OC1=CC=C(SC(F)(F)F)CC1. The molecule has 0 aromatic rings. The summed E-state index contributed by atoms with van der Waals surface area (Å²) in [6, 6.07) is 0. The molecule has 0 amide bonds. The number of rotatable bonds is 3. The number of thioether (sulfide) groups is 1. The van der Waals surface area contributed by atoms with Gasteiger partial charge in [0.1, 0.15) is 11.5 Å². The molecule has 0 aromatic carbocycles. The Labute approximate surface area is 120 Å². The van der Waals surface area contributed by atoms with Crippen LogP contribution in [-0.4, -0.2) is 5.51 Å². The predicted octanol–water partition coefficient (Wildman–Crippen LogP) is 4.58. The summed E-state index contributed by atoms with van der Waals surface area (Å²) in [6.45, 7) is 2.01. The van der Waals surface area contributed by atoms with E-state index in [4.69, 9.17) is 10.5 Å². The second kappa shape index (κ2) is 5.99. The van der Waals surface area contributed by atoms with E-state index in [1.807, 2.05) is 13.0 Å². The molecule has 2 aliphatic rings. The average Bonchev–Trinajstić information content (AvgIpc) is 2.33. The second-order valence-electron chi connectivity index (χ2n) is 4.83. The lowest BCUT2D eigenvalue weighted by atomic mass is 9.98. The van der Waals surface area contributed by atoms with E-state index >= 15 is 0 Å². The summed E-state index contributed by atoms with van der Waals surface area (Å²) >= 11 is -0.0530. The van der Waals surface area contributed by atoms with E-state index in [0.29, 0.717) is 23.5 Å². The summed E-state index contributed by atoms with van der Waals surface area (Å²) in [7, 11) is 0. The molecule has 0 bridgehead atoms. The Balaban J connectivity index is 1.99. The second-order valence-corrected chi connectivity index (χ2v) is 6.02. The number of allylic oxidation sites excluding steroid dienone is 8. The molecular weight excluding hydrogens is 287 g/mol. The normalized spacial score (nSPS) is 23.5. The van der Waals surface area contributed by atoms with Crippen molar-refractivity contribution in [3.63, 3.8) is 0 Å². The fourth-order valence-electron chi connectivity index (χ4n) is 2.08. The minimum atomic E-state index is -4.22. The molecule has 6 heteroatoms. The summed E-state index contributed by atoms with van der Waals surface area (Å²) in [5, 5.41) is 0. The summed E-state index contributed by atoms with van der Waals surface area (Å²) < 4.78 is 42.5. The highest BCUT2D eigenvalue weighted by molar-refractivity contribution is 8.03. The van der Waals surface area contributed by atoms with Crippen LogP contribution >= 0.6 is 11.8 Å². The van der Waals surface area contributed by atoms with Crippen molar-refractivity contribution in [2.24, 2.45) is 11.7 Å². The number of hydrogen-bond donors (Lipinski definition) is 1. The van der Waals surface area contributed by atoms with Gasteiger partial charge in [-0.05, 0) is 53.8 Å². The predicted molar refractivity (Wildman–Crippen MR) is 74.3 cm³/mol. The summed E-state index contributed by atoms with van der Waals surface area (Å²) in [5.41, 5.74) is 2.31. The molecule has 0 radical (unpaired) electrons. The fourth-order valence-corrected chi connectivity index (χ4v) is 2.72. The molecule has 20 heavy (non-hydrogen) atoms. The van der Waals surface area contributed by atoms with Crippen LogP contribution in [0.4, 0.5) is 13.2 Å². The molecule has 2 aliphatic carbocycles. The lowest BCUT2D eigenvalue weighted by Crippen LogP contribution is -2.13. The van der Waals surface area contributed by atoms with Crippen molar-refractivity contribution >= 4 is 11.8 Å². The van der Waals surface area contributed by atoms with Crippen LogP contribution in [0.5, 0.6) is 0 Å². The van der Waals surface area contributed by atoms with Gasteiger partial charge in [-0.3, -0.25) is 0 Å². The first-order chi connectivity index (χ1) is 9.33. The molecule has 0 saturated heterocycles. The van der Waals surface area contributed by atoms with Gasteiger partial charge in [-0.1, -0.05) is 6.92 Å². The van der Waals surface area contributed by atoms with E-state index in [-0.39, 0.29) is 17.7 Å². The van der Waals surface area contributed by atoms with E-state index in [1.165, 1.54) is 6.08 Å². The monoisotopic (exact) mass is 303 g/mol. The van der Waals surface area contributed by atoms with Gasteiger partial charge in [-0.25, -0.2) is 0 Å². The highest BCUT2D eigenvalue weighted by Gasteiger charge is 2.30. The van der Waals surface area contributed by atoms with Gasteiger partial charge in [-0.2, -0.15) is 13.2 Å². The van der Waals surface area contributed by atoms with Gasteiger partial charge in [0.05, 0.1) is 0 Å². The molecule has 0 saturated carbocycles. The largest absolute Gasteiger partial charge is 0.466 e. The van der Waals surface area contributed by atoms with E-state index in [9.17, 15) is 13.2 Å². The summed E-state index contributed by atoms with van der Waals surface area (Å²) in [5.74, 6) is 1.70. The van der Waals surface area contributed by atoms with Crippen molar-refractivity contribution in [2.45, 2.75) is 31.7 Å². The van der Waals surface area contributed by atoms with Crippen molar-refractivity contribution < 1.29 is 17.9 Å². The third kappa shape index (κ3) is 4.37. The van der Waals surface area contributed by atoms with Crippen molar-refractivity contribution in [1.82, 2.24) is 0 Å². The van der Waals surface area contributed by atoms with Gasteiger partial charge < -0.3 is 10.5 Å². The van der Waals surface area contributed by atoms with Crippen molar-refractivity contribution in [1.29, 1.82) is 0 Å². The zero-order chi connectivity index (χ0) is 14.8. The molecule has 2 rings (SSSR count). The van der Waals surface area contributed by atoms with Crippen LogP contribution in [0.25, 0.3) is 0 Å². The number of ether oxygens (including phenoxy) is 1. The number of halogens is 3. The molecule has 0 heterocycles. The van der Waals surface area contributed by atoms with Gasteiger partial charge in [0.25, 0.3) is 0 Å². The zero-order valence-electron chi connectivity index (χ0n) is 11.0. The van der Waals surface area contributed by atoms with Gasteiger partial charge in [0.2, 0.25) is 0 Å². The Hall–Kier alpha value is -1.30. The fraction of sp³-hybridized carbons (Fsp3) is 0.429. The van der Waals surface area contributed by atoms with Crippen LogP contribution in [0.2, 0.25) is 0 Å². The van der Waals surface area contributed by atoms with E-state index in [0.717, 1.165) is 17.9 Å². The molecule has 0 spiro atoms. The zero-order valence-corrected chi connectivity index (χ0v) is 11.9. The molecule has 0 aliphatic heterocycles. The van der Waals surface area contributed by atoms with Gasteiger partial charge in [-0.15, -0.1) is 0 Å². The molecule has 2 N–H and O–H groups in total. The van der Waals surface area contributed by atoms with E-state index in [2.05, 4.69) is 0 Å². The Bertz CT molecular complexity index is 503. The lowest BCUT2D eigenvalue weighted by Gasteiger charge is -2.23. The van der Waals surface area contributed by atoms with E-state index < -0.39 is 5.51 Å². The van der Waals surface area contributed by atoms with Gasteiger partial charge in [0, 0.05) is 18.0 Å². The Morgan fingerprint density at radius 2 is 1.95 bits per heavy atom. The van der Waals surface area contributed by atoms with Crippen LogP contribution in [-0.2, 0) is 4.74 Å². The van der Waals surface area contributed by atoms with Crippen LogP contribution in [0.3, 0.4) is 0 Å². The minimum absolute atomic E-state index is 0.0530. The molecule has 2 nitrogen and oxygen atoms in total. The van der Waals surface area contributed by atoms with Crippen molar-refractivity contribution in [3.8, 4) is 0 Å². The molecule has 1 atom stereocenters. The Kier molecular flexibility index (Phi) is 4.52. The van der Waals surface area contributed by atoms with Crippen molar-refractivity contribution in [3.05, 3.63) is 46.4 Å². The Morgan fingerprint density at radius 1 is 1.20 bits per heavy atom. The molecule has 0 fully saturated rings. The number of nitrogens with two attached hydrogens (primary N) is 1. The average molecular weight is 303 g/mol. The van der Waals surface area contributed by atoms with Crippen LogP contribution in [0.1, 0.15) is 26.2 Å². The number of alkyl halides is 3. The third-order valence-corrected chi connectivity index (χ3v) is 3.89. The summed E-state index contributed by atoms with van der Waals surface area (Å²) in [6.07, 6.45) is 8.31. The quantitative estimate of drug-likeness (QED) is 0.828. The first kappa shape index (κ1) is 15.1. The highest BCUT2D eigenvalue weighted by atomic mass is 32.2. The molecule has 110 valence electrons. The first-order valence-electron chi connectivity index (χ1n) is 6.33. The third-order valence-electron chi connectivity index (χ3n) is 3.06. The topological polar surface area (TPSA) is 35.2 Å². The number of hydrogen-bond acceptors (Lipinski definition) is 3. The van der Waals surface area contributed by atoms with Crippen molar-refractivity contribution in [2.75, 3.05) is 0 Å². The van der Waals surface area contributed by atoms with E-state index in [1.54, 1.807) is 12.2 Å². The smallest absolute Gasteiger partial charge is 0.446 e. The van der Waals surface area contributed by atoms with Gasteiger partial charge in [0.15, 0.2) is 0 Å².